The van der Waals surface area contributed by atoms with Gasteiger partial charge >= 0.3 is 0 Å². The van der Waals surface area contributed by atoms with Crippen LogP contribution in [-0.2, 0) is 0 Å². The highest BCUT2D eigenvalue weighted by atomic mass is 32.1. The van der Waals surface area contributed by atoms with Crippen LogP contribution >= 0.6 is 11.3 Å². The number of hydrogen-bond donors (Lipinski definition) is 1. The number of carbonyl (C=O) groups is 1. The molecule has 0 unspecified atom stereocenters. The van der Waals surface area contributed by atoms with Crippen LogP contribution in [0.4, 0.5) is 0 Å². The van der Waals surface area contributed by atoms with Crippen LogP contribution < -0.4 is 5.43 Å². The molecule has 0 aliphatic carbocycles. The predicted octanol–water partition coefficient (Wildman–Crippen LogP) is 4.18. The van der Waals surface area contributed by atoms with Crippen LogP contribution in [0.1, 0.15) is 15.2 Å². The van der Waals surface area contributed by atoms with E-state index < -0.39 is 0 Å². The molecule has 22 heavy (non-hydrogen) atoms. The largest absolute Gasteiger partial charge is 0.271 e. The molecule has 0 aliphatic heterocycles. The molecule has 0 atom stereocenters. The highest BCUT2D eigenvalue weighted by molar-refractivity contribution is 7.11. The van der Waals surface area contributed by atoms with Crippen molar-refractivity contribution < 1.29 is 4.79 Å². The van der Waals surface area contributed by atoms with Gasteiger partial charge in [0.15, 0.2) is 0 Å². The van der Waals surface area contributed by atoms with Crippen molar-refractivity contribution in [3.05, 3.63) is 82.6 Å². The maximum absolute atomic E-state index is 12.0. The fourth-order valence-corrected chi connectivity index (χ4v) is 2.61. The lowest BCUT2D eigenvalue weighted by molar-refractivity contribution is 0.0955. The summed E-state index contributed by atoms with van der Waals surface area (Å²) in [5.74, 6) is -0.215. The third-order valence-electron chi connectivity index (χ3n) is 3.16. The van der Waals surface area contributed by atoms with Gasteiger partial charge in [-0.3, -0.25) is 4.79 Å². The van der Waals surface area contributed by atoms with Crippen LogP contribution in [0.15, 0.2) is 77.2 Å². The second-order valence-corrected chi connectivity index (χ2v) is 5.64. The van der Waals surface area contributed by atoms with E-state index in [1.165, 1.54) is 0 Å². The number of carbonyl (C=O) groups excluding carboxylic acids is 1. The molecule has 0 fully saturated rings. The van der Waals surface area contributed by atoms with Gasteiger partial charge in [0.1, 0.15) is 0 Å². The first-order chi connectivity index (χ1) is 10.8. The molecule has 0 aliphatic rings. The Kier molecular flexibility index (Phi) is 4.41. The molecule has 1 aromatic heterocycles. The Morgan fingerprint density at radius 3 is 2.32 bits per heavy atom. The van der Waals surface area contributed by atoms with Gasteiger partial charge in [0.25, 0.3) is 5.91 Å². The SMILES string of the molecule is O=C(NN=Cc1cccs1)c1ccc(-c2ccccc2)cc1. The van der Waals surface area contributed by atoms with Crippen molar-refractivity contribution in [2.45, 2.75) is 0 Å². The Labute approximate surface area is 132 Å². The summed E-state index contributed by atoms with van der Waals surface area (Å²) in [4.78, 5) is 13.0. The van der Waals surface area contributed by atoms with E-state index in [2.05, 4.69) is 10.5 Å². The van der Waals surface area contributed by atoms with E-state index in [1.807, 2.05) is 60.0 Å². The fourth-order valence-electron chi connectivity index (χ4n) is 2.03. The molecule has 1 N–H and O–H groups in total. The molecular weight excluding hydrogens is 292 g/mol. The zero-order valence-electron chi connectivity index (χ0n) is 11.8. The molecule has 0 saturated heterocycles. The van der Waals surface area contributed by atoms with E-state index >= 15 is 0 Å². The molecule has 3 rings (SSSR count). The minimum atomic E-state index is -0.215. The maximum Gasteiger partial charge on any atom is 0.271 e. The van der Waals surface area contributed by atoms with Gasteiger partial charge in [0.05, 0.1) is 6.21 Å². The summed E-state index contributed by atoms with van der Waals surface area (Å²) in [6.07, 6.45) is 1.64. The Balaban J connectivity index is 1.66. The number of rotatable bonds is 4. The van der Waals surface area contributed by atoms with Gasteiger partial charge in [0, 0.05) is 10.4 Å². The molecule has 0 bridgehead atoms. The summed E-state index contributed by atoms with van der Waals surface area (Å²) in [6, 6.07) is 21.4. The normalized spacial score (nSPS) is 10.7. The number of benzene rings is 2. The molecule has 3 aromatic rings. The molecule has 2 aromatic carbocycles. The minimum Gasteiger partial charge on any atom is -0.267 e. The van der Waals surface area contributed by atoms with Crippen molar-refractivity contribution in [1.82, 2.24) is 5.43 Å². The highest BCUT2D eigenvalue weighted by Crippen LogP contribution is 2.19. The molecule has 108 valence electrons. The predicted molar refractivity (Wildman–Crippen MR) is 91.3 cm³/mol. The lowest BCUT2D eigenvalue weighted by atomic mass is 10.0. The number of thiophene rings is 1. The number of hydrogen-bond acceptors (Lipinski definition) is 3. The fraction of sp³-hybridized carbons (Fsp3) is 0. The molecular formula is C18H14N2OS. The zero-order chi connectivity index (χ0) is 15.2. The topological polar surface area (TPSA) is 41.5 Å². The number of hydrazone groups is 1. The van der Waals surface area contributed by atoms with Gasteiger partial charge in [-0.2, -0.15) is 5.10 Å². The van der Waals surface area contributed by atoms with Crippen molar-refractivity contribution >= 4 is 23.5 Å². The average molecular weight is 306 g/mol. The van der Waals surface area contributed by atoms with Crippen molar-refractivity contribution in [2.75, 3.05) is 0 Å². The minimum absolute atomic E-state index is 0.215. The van der Waals surface area contributed by atoms with Gasteiger partial charge in [-0.25, -0.2) is 5.43 Å². The summed E-state index contributed by atoms with van der Waals surface area (Å²) in [6.45, 7) is 0. The van der Waals surface area contributed by atoms with Gasteiger partial charge in [0.2, 0.25) is 0 Å². The van der Waals surface area contributed by atoms with Crippen LogP contribution in [0.3, 0.4) is 0 Å². The molecule has 0 spiro atoms. The Morgan fingerprint density at radius 2 is 1.64 bits per heavy atom. The first-order valence-corrected chi connectivity index (χ1v) is 7.73. The van der Waals surface area contributed by atoms with Crippen molar-refractivity contribution in [2.24, 2.45) is 5.10 Å². The van der Waals surface area contributed by atoms with Crippen LogP contribution in [0.25, 0.3) is 11.1 Å². The zero-order valence-corrected chi connectivity index (χ0v) is 12.6. The first kappa shape index (κ1) is 14.2. The molecule has 1 heterocycles. The average Bonchev–Trinajstić information content (AvgIpc) is 3.09. The van der Waals surface area contributed by atoms with E-state index in [0.29, 0.717) is 5.56 Å². The molecule has 0 saturated carbocycles. The van der Waals surface area contributed by atoms with Crippen LogP contribution in [0.5, 0.6) is 0 Å². The van der Waals surface area contributed by atoms with E-state index in [9.17, 15) is 4.79 Å². The third-order valence-corrected chi connectivity index (χ3v) is 3.96. The van der Waals surface area contributed by atoms with Crippen molar-refractivity contribution in [3.8, 4) is 11.1 Å². The Morgan fingerprint density at radius 1 is 0.909 bits per heavy atom. The monoisotopic (exact) mass is 306 g/mol. The first-order valence-electron chi connectivity index (χ1n) is 6.85. The third kappa shape index (κ3) is 3.48. The molecule has 3 nitrogen and oxygen atoms in total. The number of amides is 1. The van der Waals surface area contributed by atoms with Gasteiger partial charge < -0.3 is 0 Å². The van der Waals surface area contributed by atoms with E-state index in [0.717, 1.165) is 16.0 Å². The van der Waals surface area contributed by atoms with Crippen LogP contribution in [0, 0.1) is 0 Å². The second-order valence-electron chi connectivity index (χ2n) is 4.66. The second kappa shape index (κ2) is 6.83. The van der Waals surface area contributed by atoms with E-state index in [4.69, 9.17) is 0 Å². The van der Waals surface area contributed by atoms with E-state index in [-0.39, 0.29) is 5.91 Å². The smallest absolute Gasteiger partial charge is 0.267 e. The maximum atomic E-state index is 12.0. The van der Waals surface area contributed by atoms with Gasteiger partial charge in [-0.05, 0) is 34.7 Å². The Bertz CT molecular complexity index is 763. The Hall–Kier alpha value is -2.72. The van der Waals surface area contributed by atoms with Crippen molar-refractivity contribution in [3.63, 3.8) is 0 Å². The summed E-state index contributed by atoms with van der Waals surface area (Å²) in [5.41, 5.74) is 5.33. The van der Waals surface area contributed by atoms with Crippen LogP contribution in [-0.4, -0.2) is 12.1 Å². The van der Waals surface area contributed by atoms with Gasteiger partial charge in [-0.1, -0.05) is 48.5 Å². The summed E-state index contributed by atoms with van der Waals surface area (Å²) < 4.78 is 0. The lowest BCUT2D eigenvalue weighted by Gasteiger charge is -2.03. The quantitative estimate of drug-likeness (QED) is 0.570. The molecule has 1 amide bonds. The summed E-state index contributed by atoms with van der Waals surface area (Å²) in [5, 5.41) is 5.92. The lowest BCUT2D eigenvalue weighted by Crippen LogP contribution is -2.17. The molecule has 4 heteroatoms. The number of nitrogens with one attached hydrogen (secondary N) is 1. The van der Waals surface area contributed by atoms with Crippen LogP contribution in [0.2, 0.25) is 0 Å². The van der Waals surface area contributed by atoms with Crippen molar-refractivity contribution in [1.29, 1.82) is 0 Å². The van der Waals surface area contributed by atoms with Gasteiger partial charge in [-0.15, -0.1) is 11.3 Å². The van der Waals surface area contributed by atoms with E-state index in [1.54, 1.807) is 29.7 Å². The highest BCUT2D eigenvalue weighted by Gasteiger charge is 2.04. The summed E-state index contributed by atoms with van der Waals surface area (Å²) in [7, 11) is 0. The summed E-state index contributed by atoms with van der Waals surface area (Å²) >= 11 is 1.57. The number of nitrogens with zero attached hydrogens (tertiary/aromatic N) is 1. The molecule has 0 radical (unpaired) electrons. The standard InChI is InChI=1S/C18H14N2OS/c21-18(20-19-13-17-7-4-12-22-17)16-10-8-15(9-11-16)14-5-2-1-3-6-14/h1-13H,(H,20,21).